The number of aliphatic imine (C=N–C) groups is 1. The molecule has 2 N–H and O–H groups in total. The summed E-state index contributed by atoms with van der Waals surface area (Å²) in [5.41, 5.74) is 0.549. The van der Waals surface area contributed by atoms with Crippen LogP contribution in [0.5, 0.6) is 0 Å². The molecule has 136 valence electrons. The molecule has 0 bridgehead atoms. The van der Waals surface area contributed by atoms with Gasteiger partial charge in [-0.3, -0.25) is 4.99 Å². The van der Waals surface area contributed by atoms with Gasteiger partial charge in [0.15, 0.2) is 5.96 Å². The van der Waals surface area contributed by atoms with Gasteiger partial charge in [0.05, 0.1) is 5.01 Å². The first kappa shape index (κ1) is 19.9. The Morgan fingerprint density at radius 2 is 2.12 bits per heavy atom. The maximum absolute atomic E-state index is 4.90. The minimum atomic E-state index is 0. The van der Waals surface area contributed by atoms with Gasteiger partial charge in [0, 0.05) is 37.1 Å². The summed E-state index contributed by atoms with van der Waals surface area (Å²) in [6.07, 6.45) is 11.1. The largest absolute Gasteiger partial charge is 0.357 e. The summed E-state index contributed by atoms with van der Waals surface area (Å²) in [4.78, 5) is 10.8. The molecule has 0 amide bonds. The van der Waals surface area contributed by atoms with Gasteiger partial charge in [0.1, 0.15) is 0 Å². The van der Waals surface area contributed by atoms with Crippen molar-refractivity contribution in [3.63, 3.8) is 0 Å². The Kier molecular flexibility index (Phi) is 7.78. The fraction of sp³-hybridized carbons (Fsp3) is 0.778. The summed E-state index contributed by atoms with van der Waals surface area (Å²) in [5, 5.41) is 8.09. The maximum Gasteiger partial charge on any atom is 0.191 e. The second kappa shape index (κ2) is 9.36. The Bertz CT molecular complexity index is 535. The van der Waals surface area contributed by atoms with Gasteiger partial charge in [0.2, 0.25) is 0 Å². The predicted molar refractivity (Wildman–Crippen MR) is 114 cm³/mol. The van der Waals surface area contributed by atoms with Crippen molar-refractivity contribution >= 4 is 41.3 Å². The Morgan fingerprint density at radius 3 is 2.67 bits per heavy atom. The Balaban J connectivity index is 0.00000208. The topological polar surface area (TPSA) is 49.3 Å². The number of thiazole rings is 1. The molecule has 0 atom stereocenters. The molecule has 2 aliphatic carbocycles. The van der Waals surface area contributed by atoms with Gasteiger partial charge < -0.3 is 10.6 Å². The van der Waals surface area contributed by atoms with Crippen LogP contribution >= 0.6 is 35.3 Å². The quantitative estimate of drug-likeness (QED) is 0.349. The van der Waals surface area contributed by atoms with E-state index in [1.54, 1.807) is 0 Å². The van der Waals surface area contributed by atoms with Gasteiger partial charge >= 0.3 is 0 Å². The van der Waals surface area contributed by atoms with Crippen LogP contribution in [0.1, 0.15) is 55.8 Å². The molecule has 0 aromatic carbocycles. The van der Waals surface area contributed by atoms with Crippen LogP contribution in [-0.2, 0) is 12.8 Å². The second-order valence-electron chi connectivity index (χ2n) is 6.94. The lowest BCUT2D eigenvalue weighted by molar-refractivity contribution is 0.113. The molecule has 3 rings (SSSR count). The number of rotatable bonds is 8. The highest BCUT2D eigenvalue weighted by atomic mass is 127. The number of aryl methyl sites for hydroxylation is 1. The molecule has 1 aromatic rings. The van der Waals surface area contributed by atoms with Crippen molar-refractivity contribution in [1.82, 2.24) is 15.6 Å². The SMILES string of the molecule is CCNC(=NCC1(C2CC2)CCC1)NCCc1ncc(CC)s1.I. The third-order valence-electron chi connectivity index (χ3n) is 5.27. The third-order valence-corrected chi connectivity index (χ3v) is 6.47. The molecule has 6 heteroatoms. The highest BCUT2D eigenvalue weighted by Crippen LogP contribution is 2.57. The van der Waals surface area contributed by atoms with E-state index >= 15 is 0 Å². The van der Waals surface area contributed by atoms with Crippen molar-refractivity contribution in [2.24, 2.45) is 16.3 Å². The summed E-state index contributed by atoms with van der Waals surface area (Å²) < 4.78 is 0. The average molecular weight is 462 g/mol. The Morgan fingerprint density at radius 1 is 1.33 bits per heavy atom. The molecular weight excluding hydrogens is 431 g/mol. The standard InChI is InChI=1S/C18H30N4S.HI/c1-3-15-12-21-16(23-15)8-11-20-17(19-4-2)22-13-18(9-5-10-18)14-6-7-14;/h12,14H,3-11,13H2,1-2H3,(H2,19,20,22);1H. The van der Waals surface area contributed by atoms with Crippen LogP contribution in [-0.4, -0.2) is 30.6 Å². The van der Waals surface area contributed by atoms with Gasteiger partial charge in [-0.1, -0.05) is 13.3 Å². The van der Waals surface area contributed by atoms with Gasteiger partial charge in [-0.05, 0) is 50.4 Å². The number of aromatic nitrogens is 1. The van der Waals surface area contributed by atoms with E-state index < -0.39 is 0 Å². The van der Waals surface area contributed by atoms with E-state index in [-0.39, 0.29) is 24.0 Å². The smallest absolute Gasteiger partial charge is 0.191 e. The summed E-state index contributed by atoms with van der Waals surface area (Å²) in [7, 11) is 0. The van der Waals surface area contributed by atoms with E-state index in [4.69, 9.17) is 4.99 Å². The fourth-order valence-electron chi connectivity index (χ4n) is 3.52. The van der Waals surface area contributed by atoms with Gasteiger partial charge in [-0.15, -0.1) is 35.3 Å². The molecule has 2 saturated carbocycles. The zero-order valence-corrected chi connectivity index (χ0v) is 18.1. The van der Waals surface area contributed by atoms with Crippen LogP contribution in [0.15, 0.2) is 11.2 Å². The monoisotopic (exact) mass is 462 g/mol. The lowest BCUT2D eigenvalue weighted by Gasteiger charge is -2.41. The third kappa shape index (κ3) is 5.07. The van der Waals surface area contributed by atoms with Crippen LogP contribution in [0, 0.1) is 11.3 Å². The molecule has 0 saturated heterocycles. The summed E-state index contributed by atoms with van der Waals surface area (Å²) in [5.74, 6) is 1.94. The van der Waals surface area contributed by atoms with Crippen LogP contribution in [0.3, 0.4) is 0 Å². The number of hydrogen-bond donors (Lipinski definition) is 2. The minimum Gasteiger partial charge on any atom is -0.357 e. The predicted octanol–water partition coefficient (Wildman–Crippen LogP) is 4.00. The highest BCUT2D eigenvalue weighted by molar-refractivity contribution is 14.0. The molecule has 0 radical (unpaired) electrons. The highest BCUT2D eigenvalue weighted by Gasteiger charge is 2.48. The van der Waals surface area contributed by atoms with Crippen molar-refractivity contribution in [3.8, 4) is 0 Å². The normalized spacial score (nSPS) is 19.3. The minimum absolute atomic E-state index is 0. The van der Waals surface area contributed by atoms with Gasteiger partial charge in [-0.25, -0.2) is 4.98 Å². The first-order chi connectivity index (χ1) is 11.3. The fourth-order valence-corrected chi connectivity index (χ4v) is 4.38. The number of nitrogens with zero attached hydrogens (tertiary/aromatic N) is 2. The lowest BCUT2D eigenvalue weighted by Crippen LogP contribution is -2.41. The molecule has 2 aliphatic rings. The summed E-state index contributed by atoms with van der Waals surface area (Å²) >= 11 is 1.83. The van der Waals surface area contributed by atoms with Crippen molar-refractivity contribution in [2.45, 2.75) is 58.8 Å². The number of halogens is 1. The first-order valence-electron chi connectivity index (χ1n) is 9.21. The zero-order valence-electron chi connectivity index (χ0n) is 14.9. The number of guanidine groups is 1. The average Bonchev–Trinajstić information content (AvgIpc) is 3.25. The van der Waals surface area contributed by atoms with Crippen molar-refractivity contribution in [3.05, 3.63) is 16.1 Å². The molecule has 4 nitrogen and oxygen atoms in total. The lowest BCUT2D eigenvalue weighted by atomic mass is 9.65. The van der Waals surface area contributed by atoms with E-state index in [9.17, 15) is 0 Å². The van der Waals surface area contributed by atoms with E-state index in [1.165, 1.54) is 42.0 Å². The molecular formula is C18H31IN4S. The molecule has 24 heavy (non-hydrogen) atoms. The summed E-state index contributed by atoms with van der Waals surface area (Å²) in [6.45, 7) is 7.13. The van der Waals surface area contributed by atoms with E-state index in [1.807, 2.05) is 17.5 Å². The molecule has 1 heterocycles. The molecule has 0 spiro atoms. The van der Waals surface area contributed by atoms with Gasteiger partial charge in [-0.2, -0.15) is 0 Å². The summed E-state index contributed by atoms with van der Waals surface area (Å²) in [6, 6.07) is 0. The van der Waals surface area contributed by atoms with E-state index in [0.717, 1.165) is 44.4 Å². The number of hydrogen-bond acceptors (Lipinski definition) is 3. The van der Waals surface area contributed by atoms with Crippen molar-refractivity contribution < 1.29 is 0 Å². The molecule has 1 aromatic heterocycles. The van der Waals surface area contributed by atoms with E-state index in [0.29, 0.717) is 5.41 Å². The first-order valence-corrected chi connectivity index (χ1v) is 10.0. The van der Waals surface area contributed by atoms with Crippen LogP contribution in [0.2, 0.25) is 0 Å². The second-order valence-corrected chi connectivity index (χ2v) is 8.14. The van der Waals surface area contributed by atoms with E-state index in [2.05, 4.69) is 29.5 Å². The van der Waals surface area contributed by atoms with Crippen molar-refractivity contribution in [1.29, 1.82) is 0 Å². The molecule has 0 unspecified atom stereocenters. The van der Waals surface area contributed by atoms with Crippen LogP contribution in [0.25, 0.3) is 0 Å². The van der Waals surface area contributed by atoms with Crippen molar-refractivity contribution in [2.75, 3.05) is 19.6 Å². The number of nitrogens with one attached hydrogen (secondary N) is 2. The zero-order chi connectivity index (χ0) is 16.1. The Hall–Kier alpha value is -0.370. The van der Waals surface area contributed by atoms with Crippen LogP contribution < -0.4 is 10.6 Å². The van der Waals surface area contributed by atoms with Crippen LogP contribution in [0.4, 0.5) is 0 Å². The van der Waals surface area contributed by atoms with Gasteiger partial charge in [0.25, 0.3) is 0 Å². The molecule has 2 fully saturated rings. The molecule has 0 aliphatic heterocycles. The maximum atomic E-state index is 4.90. The Labute approximate surface area is 167 Å².